The Morgan fingerprint density at radius 3 is 2.52 bits per heavy atom. The van der Waals surface area contributed by atoms with Crippen molar-refractivity contribution >= 4 is 23.2 Å². The third-order valence-electron chi connectivity index (χ3n) is 4.09. The Kier molecular flexibility index (Phi) is 6.50. The lowest BCUT2D eigenvalue weighted by atomic mass is 10.2. The van der Waals surface area contributed by atoms with Crippen molar-refractivity contribution in [1.82, 2.24) is 25.4 Å². The van der Waals surface area contributed by atoms with E-state index in [2.05, 4.69) is 20.7 Å². The molecule has 0 spiro atoms. The largest absolute Gasteiger partial charge is 0.353 e. The van der Waals surface area contributed by atoms with E-state index >= 15 is 0 Å². The van der Waals surface area contributed by atoms with Gasteiger partial charge in [0.2, 0.25) is 5.91 Å². The maximum Gasteiger partial charge on any atom is 0.266 e. The van der Waals surface area contributed by atoms with Gasteiger partial charge in [-0.1, -0.05) is 18.2 Å². The third-order valence-corrected chi connectivity index (χ3v) is 5.19. The van der Waals surface area contributed by atoms with Crippen LogP contribution in [0, 0.1) is 13.8 Å². The average molecular weight is 411 g/mol. The zero-order chi connectivity index (χ0) is 20.8. The Labute approximate surface area is 171 Å². The number of carbonyl (C=O) groups excluding carboxylic acids is 2. The van der Waals surface area contributed by atoms with Gasteiger partial charge in [0.05, 0.1) is 28.7 Å². The molecule has 0 unspecified atom stereocenters. The van der Waals surface area contributed by atoms with Crippen LogP contribution in [0.2, 0.25) is 0 Å². The first-order chi connectivity index (χ1) is 13.9. The first-order valence-electron chi connectivity index (χ1n) is 9.06. The molecule has 150 valence electrons. The van der Waals surface area contributed by atoms with E-state index in [4.69, 9.17) is 0 Å². The molecule has 0 saturated carbocycles. The summed E-state index contributed by atoms with van der Waals surface area (Å²) in [6.07, 6.45) is 0. The molecule has 0 bridgehead atoms. The number of hydrogen-bond acceptors (Lipinski definition) is 6. The minimum atomic E-state index is -0.340. The quantitative estimate of drug-likeness (QED) is 0.613. The highest BCUT2D eigenvalue weighted by molar-refractivity contribution is 7.15. The SMILES string of the molecule is Cc1nc(C)c(-c2ccc(=O)n(CCNC(=O)CNC(=O)c3ccccc3)n2)s1. The van der Waals surface area contributed by atoms with Crippen LogP contribution in [0.3, 0.4) is 0 Å². The van der Waals surface area contributed by atoms with Crippen molar-refractivity contribution in [2.75, 3.05) is 13.1 Å². The van der Waals surface area contributed by atoms with Gasteiger partial charge in [0.15, 0.2) is 0 Å². The molecular formula is C20H21N5O3S. The summed E-state index contributed by atoms with van der Waals surface area (Å²) in [4.78, 5) is 41.2. The van der Waals surface area contributed by atoms with Gasteiger partial charge in [0.25, 0.3) is 11.5 Å². The molecule has 0 fully saturated rings. The summed E-state index contributed by atoms with van der Waals surface area (Å²) in [6.45, 7) is 4.12. The number of hydrogen-bond donors (Lipinski definition) is 2. The second-order valence-corrected chi connectivity index (χ2v) is 7.53. The van der Waals surface area contributed by atoms with E-state index in [1.807, 2.05) is 19.9 Å². The van der Waals surface area contributed by atoms with E-state index in [0.717, 1.165) is 15.6 Å². The Bertz CT molecular complexity index is 1080. The molecule has 0 aliphatic carbocycles. The van der Waals surface area contributed by atoms with E-state index in [1.54, 1.807) is 30.3 Å². The second kappa shape index (κ2) is 9.24. The summed E-state index contributed by atoms with van der Waals surface area (Å²) in [7, 11) is 0. The van der Waals surface area contributed by atoms with Crippen molar-refractivity contribution in [3.63, 3.8) is 0 Å². The summed E-state index contributed by atoms with van der Waals surface area (Å²) < 4.78 is 1.31. The molecule has 0 aliphatic heterocycles. The number of thiazole rings is 1. The number of amides is 2. The minimum absolute atomic E-state index is 0.143. The van der Waals surface area contributed by atoms with Crippen molar-refractivity contribution in [1.29, 1.82) is 0 Å². The first-order valence-corrected chi connectivity index (χ1v) is 9.88. The monoisotopic (exact) mass is 411 g/mol. The highest BCUT2D eigenvalue weighted by atomic mass is 32.1. The molecular weight excluding hydrogens is 390 g/mol. The van der Waals surface area contributed by atoms with Crippen LogP contribution in [0.15, 0.2) is 47.3 Å². The third kappa shape index (κ3) is 5.35. The lowest BCUT2D eigenvalue weighted by Gasteiger charge is -2.09. The minimum Gasteiger partial charge on any atom is -0.353 e. The van der Waals surface area contributed by atoms with Crippen LogP contribution in [0.4, 0.5) is 0 Å². The average Bonchev–Trinajstić information content (AvgIpc) is 3.06. The number of nitrogens with one attached hydrogen (secondary N) is 2. The van der Waals surface area contributed by atoms with Gasteiger partial charge in [0, 0.05) is 18.2 Å². The molecule has 29 heavy (non-hydrogen) atoms. The van der Waals surface area contributed by atoms with Crippen molar-refractivity contribution in [3.05, 3.63) is 69.1 Å². The lowest BCUT2D eigenvalue weighted by molar-refractivity contribution is -0.120. The second-order valence-electron chi connectivity index (χ2n) is 6.33. The number of benzene rings is 1. The van der Waals surface area contributed by atoms with Crippen LogP contribution in [0.5, 0.6) is 0 Å². The Morgan fingerprint density at radius 2 is 1.83 bits per heavy atom. The standard InChI is InChI=1S/C20H21N5O3S/c1-13-19(29-14(2)23-13)16-8-9-18(27)25(24-16)11-10-21-17(26)12-22-20(28)15-6-4-3-5-7-15/h3-9H,10-12H2,1-2H3,(H,21,26)(H,22,28). The maximum atomic E-state index is 12.1. The molecule has 2 aromatic heterocycles. The van der Waals surface area contributed by atoms with E-state index < -0.39 is 0 Å². The Morgan fingerprint density at radius 1 is 1.07 bits per heavy atom. The van der Waals surface area contributed by atoms with Gasteiger partial charge in [0.1, 0.15) is 5.69 Å². The predicted octanol–water partition coefficient (Wildman–Crippen LogP) is 1.53. The molecule has 2 heterocycles. The van der Waals surface area contributed by atoms with E-state index in [1.165, 1.54) is 22.1 Å². The van der Waals surface area contributed by atoms with Gasteiger partial charge in [-0.25, -0.2) is 9.67 Å². The van der Waals surface area contributed by atoms with Gasteiger partial charge in [-0.05, 0) is 32.0 Å². The number of rotatable bonds is 7. The summed E-state index contributed by atoms with van der Waals surface area (Å²) in [5, 5.41) is 10.5. The molecule has 1 aromatic carbocycles. The van der Waals surface area contributed by atoms with Gasteiger partial charge < -0.3 is 10.6 Å². The lowest BCUT2D eigenvalue weighted by Crippen LogP contribution is -2.39. The maximum absolute atomic E-state index is 12.1. The van der Waals surface area contributed by atoms with Crippen molar-refractivity contribution < 1.29 is 9.59 Å². The van der Waals surface area contributed by atoms with Gasteiger partial charge in [-0.2, -0.15) is 5.10 Å². The molecule has 0 atom stereocenters. The molecule has 3 rings (SSSR count). The summed E-state index contributed by atoms with van der Waals surface area (Å²) in [5.41, 5.74) is 1.78. The molecule has 2 amide bonds. The number of carbonyl (C=O) groups is 2. The smallest absolute Gasteiger partial charge is 0.266 e. The Hall–Kier alpha value is -3.33. The molecule has 2 N–H and O–H groups in total. The molecule has 0 aliphatic rings. The van der Waals surface area contributed by atoms with E-state index in [9.17, 15) is 14.4 Å². The van der Waals surface area contributed by atoms with Crippen molar-refractivity contribution in [3.8, 4) is 10.6 Å². The van der Waals surface area contributed by atoms with Crippen molar-refractivity contribution in [2.45, 2.75) is 20.4 Å². The van der Waals surface area contributed by atoms with Crippen LogP contribution in [0.1, 0.15) is 21.1 Å². The highest BCUT2D eigenvalue weighted by Gasteiger charge is 2.11. The molecule has 0 saturated heterocycles. The van der Waals surface area contributed by atoms with Crippen molar-refractivity contribution in [2.24, 2.45) is 0 Å². The van der Waals surface area contributed by atoms with E-state index in [-0.39, 0.29) is 37.0 Å². The van der Waals surface area contributed by atoms with Crippen LogP contribution >= 0.6 is 11.3 Å². The van der Waals surface area contributed by atoms with Crippen LogP contribution in [0.25, 0.3) is 10.6 Å². The van der Waals surface area contributed by atoms with Crippen LogP contribution in [-0.2, 0) is 11.3 Å². The van der Waals surface area contributed by atoms with Crippen LogP contribution < -0.4 is 16.2 Å². The van der Waals surface area contributed by atoms with Crippen LogP contribution in [-0.4, -0.2) is 39.7 Å². The van der Waals surface area contributed by atoms with Gasteiger partial charge in [-0.3, -0.25) is 14.4 Å². The fraction of sp³-hybridized carbons (Fsp3) is 0.250. The first kappa shape index (κ1) is 20.4. The summed E-state index contributed by atoms with van der Waals surface area (Å²) >= 11 is 1.52. The fourth-order valence-electron chi connectivity index (χ4n) is 2.72. The number of aryl methyl sites for hydroxylation is 2. The molecule has 8 nitrogen and oxygen atoms in total. The fourth-order valence-corrected chi connectivity index (χ4v) is 3.60. The van der Waals surface area contributed by atoms with Gasteiger partial charge >= 0.3 is 0 Å². The predicted molar refractivity (Wildman–Crippen MR) is 111 cm³/mol. The topological polar surface area (TPSA) is 106 Å². The zero-order valence-corrected chi connectivity index (χ0v) is 17.0. The molecule has 3 aromatic rings. The Balaban J connectivity index is 1.53. The highest BCUT2D eigenvalue weighted by Crippen LogP contribution is 2.27. The molecule has 9 heteroatoms. The van der Waals surface area contributed by atoms with E-state index in [0.29, 0.717) is 11.3 Å². The number of aromatic nitrogens is 3. The molecule has 0 radical (unpaired) electrons. The normalized spacial score (nSPS) is 10.6. The summed E-state index contributed by atoms with van der Waals surface area (Å²) in [5.74, 6) is -0.658. The van der Waals surface area contributed by atoms with Gasteiger partial charge in [-0.15, -0.1) is 11.3 Å². The number of nitrogens with zero attached hydrogens (tertiary/aromatic N) is 3. The summed E-state index contributed by atoms with van der Waals surface area (Å²) in [6, 6.07) is 11.8. The zero-order valence-electron chi connectivity index (χ0n) is 16.1.